The van der Waals surface area contributed by atoms with Crippen molar-refractivity contribution in [1.29, 1.82) is 0 Å². The molecule has 0 aromatic heterocycles. The van der Waals surface area contributed by atoms with Crippen LogP contribution in [0.5, 0.6) is 0 Å². The number of ether oxygens (including phenoxy) is 1. The molecule has 134 valence electrons. The summed E-state index contributed by atoms with van der Waals surface area (Å²) in [5.74, 6) is -0.329. The third kappa shape index (κ3) is 3.74. The van der Waals surface area contributed by atoms with Gasteiger partial charge in [-0.15, -0.1) is 0 Å². The molecular formula is C20H20N2O4. The van der Waals surface area contributed by atoms with E-state index in [-0.39, 0.29) is 24.0 Å². The van der Waals surface area contributed by atoms with E-state index in [1.165, 1.54) is 4.90 Å². The Hall–Kier alpha value is -3.15. The highest BCUT2D eigenvalue weighted by Crippen LogP contribution is 2.39. The van der Waals surface area contributed by atoms with Crippen LogP contribution in [-0.4, -0.2) is 17.6 Å². The predicted octanol–water partition coefficient (Wildman–Crippen LogP) is 4.50. The van der Waals surface area contributed by atoms with Gasteiger partial charge in [0.05, 0.1) is 11.6 Å². The molecule has 6 heteroatoms. The number of carbonyl (C=O) groups is 1. The van der Waals surface area contributed by atoms with Crippen LogP contribution in [0.15, 0.2) is 66.4 Å². The van der Waals surface area contributed by atoms with Crippen molar-refractivity contribution in [3.63, 3.8) is 0 Å². The van der Waals surface area contributed by atoms with Gasteiger partial charge < -0.3 is 4.74 Å². The highest BCUT2D eigenvalue weighted by molar-refractivity contribution is 5.92. The number of carbonyl (C=O) groups excluding carboxylic acids is 1. The second-order valence-corrected chi connectivity index (χ2v) is 6.09. The average molecular weight is 352 g/mol. The molecule has 1 heterocycles. The first kappa shape index (κ1) is 17.7. The van der Waals surface area contributed by atoms with Crippen molar-refractivity contribution >= 4 is 11.8 Å². The average Bonchev–Trinajstić information content (AvgIpc) is 2.66. The quantitative estimate of drug-likeness (QED) is 0.587. The molecule has 1 aliphatic rings. The van der Waals surface area contributed by atoms with E-state index in [0.29, 0.717) is 12.1 Å². The largest absolute Gasteiger partial charge is 0.444 e. The zero-order valence-electron chi connectivity index (χ0n) is 14.5. The van der Waals surface area contributed by atoms with Crippen LogP contribution in [0.4, 0.5) is 10.5 Å². The van der Waals surface area contributed by atoms with Gasteiger partial charge in [-0.3, -0.25) is 15.0 Å². The molecule has 0 saturated heterocycles. The lowest BCUT2D eigenvalue weighted by atomic mass is 9.86. The molecule has 0 fully saturated rings. The van der Waals surface area contributed by atoms with E-state index in [2.05, 4.69) is 0 Å². The Labute approximate surface area is 151 Å². The second-order valence-electron chi connectivity index (χ2n) is 6.09. The monoisotopic (exact) mass is 352 g/mol. The van der Waals surface area contributed by atoms with Crippen LogP contribution in [0, 0.1) is 10.1 Å². The minimum absolute atomic E-state index is 0.173. The summed E-state index contributed by atoms with van der Waals surface area (Å²) in [6.07, 6.45) is 1.81. The van der Waals surface area contributed by atoms with Gasteiger partial charge in [-0.25, -0.2) is 4.79 Å². The molecule has 1 aliphatic heterocycles. The molecule has 2 aromatic rings. The smallest absolute Gasteiger partial charge is 0.418 e. The highest BCUT2D eigenvalue weighted by Gasteiger charge is 2.32. The number of fused-ring (bicyclic) bond motifs is 1. The van der Waals surface area contributed by atoms with E-state index >= 15 is 0 Å². The molecule has 0 N–H and O–H groups in total. The van der Waals surface area contributed by atoms with E-state index in [4.69, 9.17) is 4.74 Å². The first-order chi connectivity index (χ1) is 12.6. The van der Waals surface area contributed by atoms with Crippen molar-refractivity contribution in [1.82, 2.24) is 0 Å². The van der Waals surface area contributed by atoms with E-state index < -0.39 is 6.09 Å². The normalized spacial score (nSPS) is 15.8. The van der Waals surface area contributed by atoms with Crippen molar-refractivity contribution in [3.8, 4) is 0 Å². The lowest BCUT2D eigenvalue weighted by Crippen LogP contribution is -2.32. The molecule has 6 nitrogen and oxygen atoms in total. The molecular weight excluding hydrogens is 332 g/mol. The van der Waals surface area contributed by atoms with Gasteiger partial charge in [-0.1, -0.05) is 55.5 Å². The lowest BCUT2D eigenvalue weighted by Gasteiger charge is -2.31. The molecule has 0 unspecified atom stereocenters. The fourth-order valence-electron chi connectivity index (χ4n) is 3.17. The Balaban J connectivity index is 1.86. The summed E-state index contributed by atoms with van der Waals surface area (Å²) < 4.78 is 5.44. The molecule has 0 aliphatic carbocycles. The van der Waals surface area contributed by atoms with E-state index in [1.54, 1.807) is 12.3 Å². The lowest BCUT2D eigenvalue weighted by molar-refractivity contribution is -0.482. The Morgan fingerprint density at radius 1 is 1.15 bits per heavy atom. The fourth-order valence-corrected chi connectivity index (χ4v) is 3.17. The zero-order valence-corrected chi connectivity index (χ0v) is 14.5. The molecule has 2 aromatic carbocycles. The Bertz CT molecular complexity index is 833. The van der Waals surface area contributed by atoms with E-state index in [9.17, 15) is 14.9 Å². The van der Waals surface area contributed by atoms with Crippen molar-refractivity contribution in [2.24, 2.45) is 0 Å². The van der Waals surface area contributed by atoms with Crippen LogP contribution < -0.4 is 4.90 Å². The number of anilines is 1. The Morgan fingerprint density at radius 3 is 2.54 bits per heavy atom. The van der Waals surface area contributed by atoms with Gasteiger partial charge in [0, 0.05) is 11.1 Å². The summed E-state index contributed by atoms with van der Waals surface area (Å²) >= 11 is 0. The number of para-hydroxylation sites is 1. The number of rotatable bonds is 5. The number of hydrogen-bond acceptors (Lipinski definition) is 4. The Morgan fingerprint density at radius 2 is 1.85 bits per heavy atom. The fraction of sp³-hybridized carbons (Fsp3) is 0.250. The standard InChI is InChI=1S/C20H20N2O4/c1-2-16-12-21(20(23)26-14-15-8-4-3-5-9-15)19-11-7-6-10-17(19)18(16)13-22(24)25/h3-12,18H,2,13-14H2,1H3/t18-/m0/s1. The van der Waals surface area contributed by atoms with E-state index in [1.807, 2.05) is 55.5 Å². The van der Waals surface area contributed by atoms with Crippen LogP contribution in [0.1, 0.15) is 30.4 Å². The van der Waals surface area contributed by atoms with Crippen molar-refractivity contribution in [2.45, 2.75) is 25.9 Å². The van der Waals surface area contributed by atoms with E-state index in [0.717, 1.165) is 16.7 Å². The third-order valence-corrected chi connectivity index (χ3v) is 4.46. The first-order valence-corrected chi connectivity index (χ1v) is 8.51. The molecule has 1 amide bonds. The van der Waals surface area contributed by atoms with Gasteiger partial charge in [0.2, 0.25) is 6.54 Å². The topological polar surface area (TPSA) is 72.7 Å². The van der Waals surface area contributed by atoms with Crippen molar-refractivity contribution < 1.29 is 14.5 Å². The molecule has 26 heavy (non-hydrogen) atoms. The summed E-state index contributed by atoms with van der Waals surface area (Å²) in [7, 11) is 0. The van der Waals surface area contributed by atoms with Crippen LogP contribution in [0.25, 0.3) is 0 Å². The summed E-state index contributed by atoms with van der Waals surface area (Å²) in [4.78, 5) is 24.9. The molecule has 0 radical (unpaired) electrons. The van der Waals surface area contributed by atoms with Gasteiger partial charge in [0.1, 0.15) is 6.61 Å². The summed E-state index contributed by atoms with van der Waals surface area (Å²) in [5.41, 5.74) is 3.16. The maximum Gasteiger partial charge on any atom is 0.418 e. The summed E-state index contributed by atoms with van der Waals surface area (Å²) in [5, 5.41) is 11.1. The minimum atomic E-state index is -0.494. The first-order valence-electron chi connectivity index (χ1n) is 8.51. The predicted molar refractivity (Wildman–Crippen MR) is 98.5 cm³/mol. The van der Waals surface area contributed by atoms with Crippen LogP contribution >= 0.6 is 0 Å². The van der Waals surface area contributed by atoms with Crippen LogP contribution in [-0.2, 0) is 11.3 Å². The van der Waals surface area contributed by atoms with Gasteiger partial charge in [0.25, 0.3) is 0 Å². The highest BCUT2D eigenvalue weighted by atomic mass is 16.6. The molecule has 1 atom stereocenters. The summed E-state index contributed by atoms with van der Waals surface area (Å²) in [6.45, 7) is 1.91. The second kappa shape index (κ2) is 7.82. The molecule has 0 saturated carbocycles. The van der Waals surface area contributed by atoms with Gasteiger partial charge in [-0.05, 0) is 29.2 Å². The van der Waals surface area contributed by atoms with Gasteiger partial charge in [0.15, 0.2) is 0 Å². The number of amides is 1. The maximum atomic E-state index is 12.6. The molecule has 0 bridgehead atoms. The van der Waals surface area contributed by atoms with Crippen LogP contribution in [0.2, 0.25) is 0 Å². The summed E-state index contributed by atoms with van der Waals surface area (Å²) in [6, 6.07) is 16.7. The van der Waals surface area contributed by atoms with Crippen LogP contribution in [0.3, 0.4) is 0 Å². The van der Waals surface area contributed by atoms with Crippen molar-refractivity contribution in [2.75, 3.05) is 11.4 Å². The maximum absolute atomic E-state index is 12.6. The minimum Gasteiger partial charge on any atom is -0.444 e. The Kier molecular flexibility index (Phi) is 5.31. The third-order valence-electron chi connectivity index (χ3n) is 4.46. The number of hydrogen-bond donors (Lipinski definition) is 0. The number of nitro groups is 1. The zero-order chi connectivity index (χ0) is 18.5. The molecule has 3 rings (SSSR count). The molecule has 0 spiro atoms. The number of nitrogens with zero attached hydrogens (tertiary/aromatic N) is 2. The van der Waals surface area contributed by atoms with Gasteiger partial charge in [-0.2, -0.15) is 0 Å². The SMILES string of the molecule is CCC1=CN(C(=O)OCc2ccccc2)c2ccccc2[C@H]1C[N+](=O)[O-]. The van der Waals surface area contributed by atoms with Gasteiger partial charge >= 0.3 is 6.09 Å². The van der Waals surface area contributed by atoms with Crippen molar-refractivity contribution in [3.05, 3.63) is 87.6 Å². The number of benzene rings is 2.